The van der Waals surface area contributed by atoms with E-state index in [1.165, 1.54) is 64.0 Å². The summed E-state index contributed by atoms with van der Waals surface area (Å²) >= 11 is 0. The fraction of sp³-hybridized carbons (Fsp3) is 0.417. The molecule has 0 aliphatic heterocycles. The summed E-state index contributed by atoms with van der Waals surface area (Å²) in [7, 11) is 1.41. The molecule has 2 atom stereocenters. The van der Waals surface area contributed by atoms with Crippen molar-refractivity contribution in [2.45, 2.75) is 216 Å². The molecule has 660 valence electrons. The smallest absolute Gasteiger partial charge is 0.377 e. The van der Waals surface area contributed by atoms with Crippen molar-refractivity contribution in [3.8, 4) is 0 Å². The minimum absolute atomic E-state index is 0.0146. The summed E-state index contributed by atoms with van der Waals surface area (Å²) < 4.78 is 112. The van der Waals surface area contributed by atoms with Crippen LogP contribution in [0.2, 0.25) is 0 Å². The number of rotatable bonds is 23. The molecular formula is C103H113F6O13S3+3. The lowest BCUT2D eigenvalue weighted by Gasteiger charge is -2.60. The Morgan fingerprint density at radius 2 is 0.608 bits per heavy atom. The monoisotopic (exact) mass is 1770 g/mol. The van der Waals surface area contributed by atoms with E-state index < -0.39 is 83.5 Å². The number of esters is 6. The zero-order valence-corrected chi connectivity index (χ0v) is 74.1. The minimum atomic E-state index is -3.59. The number of hydrogen-bond donors (Lipinski definition) is 0. The first-order chi connectivity index (χ1) is 60.0. The predicted octanol–water partition coefficient (Wildman–Crippen LogP) is 23.1. The minimum Gasteiger partial charge on any atom is -0.457 e. The van der Waals surface area contributed by atoms with Crippen LogP contribution in [0.15, 0.2) is 317 Å². The van der Waals surface area contributed by atoms with Gasteiger partial charge in [-0.2, -0.15) is 26.3 Å². The summed E-state index contributed by atoms with van der Waals surface area (Å²) in [5.41, 5.74) is -1.59. The lowest BCUT2D eigenvalue weighted by Crippen LogP contribution is -2.59. The Hall–Kier alpha value is -9.61. The van der Waals surface area contributed by atoms with Gasteiger partial charge in [0.25, 0.3) is 0 Å². The van der Waals surface area contributed by atoms with Crippen molar-refractivity contribution in [2.75, 3.05) is 27.1 Å². The third kappa shape index (κ3) is 23.4. The van der Waals surface area contributed by atoms with Crippen molar-refractivity contribution in [1.82, 2.24) is 0 Å². The average Bonchev–Trinajstić information content (AvgIpc) is 0.735. The van der Waals surface area contributed by atoms with Crippen LogP contribution in [0.5, 0.6) is 0 Å². The molecule has 0 amide bonds. The van der Waals surface area contributed by atoms with Gasteiger partial charge in [-0.1, -0.05) is 171 Å². The van der Waals surface area contributed by atoms with Crippen LogP contribution in [0.4, 0.5) is 26.3 Å². The normalized spacial score (nSPS) is 25.9. The van der Waals surface area contributed by atoms with Gasteiger partial charge in [0.2, 0.25) is 0 Å². The van der Waals surface area contributed by atoms with Crippen LogP contribution in [0.25, 0.3) is 0 Å². The number of alkyl halides is 6. The Balaban J connectivity index is 0.000000129. The molecule has 12 fully saturated rings. The van der Waals surface area contributed by atoms with Gasteiger partial charge >= 0.3 is 53.6 Å². The third-order valence-corrected chi connectivity index (χ3v) is 32.9. The quantitative estimate of drug-likeness (QED) is 0.0195. The Morgan fingerprint density at radius 3 is 0.864 bits per heavy atom. The van der Waals surface area contributed by atoms with Gasteiger partial charge in [0.1, 0.15) is 17.3 Å². The van der Waals surface area contributed by atoms with Crippen molar-refractivity contribution >= 4 is 68.5 Å². The molecule has 12 saturated carbocycles. The van der Waals surface area contributed by atoms with E-state index in [0.717, 1.165) is 101 Å². The topological polar surface area (TPSA) is 167 Å². The Labute approximate surface area is 739 Å². The second-order valence-electron chi connectivity index (χ2n) is 35.1. The number of hydrogen-bond acceptors (Lipinski definition) is 13. The number of halogens is 6. The van der Waals surface area contributed by atoms with Crippen molar-refractivity contribution in [2.24, 2.45) is 70.5 Å². The summed E-state index contributed by atoms with van der Waals surface area (Å²) in [6, 6.07) is 96.5. The van der Waals surface area contributed by atoms with E-state index >= 15 is 0 Å². The molecule has 9 aromatic rings. The molecule has 22 heteroatoms. The SMILES string of the molecule is CC(F)(F)C(=O)OCC(=O)OC1(C)C2CC3CC(C2)CC1C3.CCC1(OC(=O)COC(=O)C(C)(F)F)C2CC3CC(C2)CC1C3.COCOC(=O)C12CC3CC(C1)C(OC(=O)C(C)(F)F)C(C3)C2.c1ccc([S+](c2ccccc2)c2ccccc2)cc1.c1ccc([S+](c2ccccc2)c2ccccc2)cc1.c1ccc([S+](c2ccccc2)c2ccccc2)cc1. The molecule has 0 spiro atoms. The third-order valence-electron chi connectivity index (χ3n) is 26.2. The molecule has 12 aliphatic carbocycles. The molecule has 9 aromatic carbocycles. The predicted molar refractivity (Wildman–Crippen MR) is 470 cm³/mol. The fourth-order valence-electron chi connectivity index (χ4n) is 21.3. The number of carbonyl (C=O) groups is 6. The van der Waals surface area contributed by atoms with Gasteiger partial charge in [0, 0.05) is 27.9 Å². The van der Waals surface area contributed by atoms with Crippen LogP contribution in [0, 0.1) is 70.5 Å². The number of benzene rings is 9. The molecule has 13 nitrogen and oxygen atoms in total. The lowest BCUT2D eigenvalue weighted by atomic mass is 9.48. The van der Waals surface area contributed by atoms with Crippen LogP contribution in [-0.2, 0) is 94.6 Å². The van der Waals surface area contributed by atoms with Crippen molar-refractivity contribution in [3.63, 3.8) is 0 Å². The second-order valence-corrected chi connectivity index (χ2v) is 41.1. The average molecular weight is 1770 g/mol. The van der Waals surface area contributed by atoms with Crippen molar-refractivity contribution < 1.29 is 88.3 Å². The Morgan fingerprint density at radius 1 is 0.344 bits per heavy atom. The fourth-order valence-corrected chi connectivity index (χ4v) is 27.6. The first kappa shape index (κ1) is 93.0. The van der Waals surface area contributed by atoms with E-state index in [-0.39, 0.29) is 57.3 Å². The van der Waals surface area contributed by atoms with Gasteiger partial charge in [-0.25, -0.2) is 24.0 Å². The maximum atomic E-state index is 13.1. The molecule has 0 saturated heterocycles. The van der Waals surface area contributed by atoms with Gasteiger partial charge in [-0.05, 0) is 284 Å². The van der Waals surface area contributed by atoms with Crippen LogP contribution in [0.3, 0.4) is 0 Å². The van der Waals surface area contributed by atoms with E-state index in [1.54, 1.807) is 0 Å². The van der Waals surface area contributed by atoms with Gasteiger partial charge in [-0.3, -0.25) is 4.79 Å². The highest BCUT2D eigenvalue weighted by atomic mass is 32.2. The van der Waals surface area contributed by atoms with E-state index in [4.69, 9.17) is 23.7 Å². The maximum absolute atomic E-state index is 13.1. The van der Waals surface area contributed by atoms with Gasteiger partial charge in [0.05, 0.1) is 38.1 Å². The lowest BCUT2D eigenvalue weighted by molar-refractivity contribution is -0.215. The largest absolute Gasteiger partial charge is 0.457 e. The van der Waals surface area contributed by atoms with Gasteiger partial charge < -0.3 is 33.2 Å². The first-order valence-corrected chi connectivity index (χ1v) is 47.2. The molecule has 2 unspecified atom stereocenters. The zero-order valence-electron chi connectivity index (χ0n) is 71.6. The highest BCUT2D eigenvalue weighted by molar-refractivity contribution is 7.97. The summed E-state index contributed by atoms with van der Waals surface area (Å²) in [6.07, 6.45) is 14.9. The maximum Gasteiger partial charge on any atom is 0.377 e. The molecule has 0 N–H and O–H groups in total. The number of carbonyl (C=O) groups excluding carboxylic acids is 6. The van der Waals surface area contributed by atoms with Crippen molar-refractivity contribution in [1.29, 1.82) is 0 Å². The van der Waals surface area contributed by atoms with E-state index in [0.29, 0.717) is 63.2 Å². The summed E-state index contributed by atoms with van der Waals surface area (Å²) in [5, 5.41) is 0. The first-order valence-electron chi connectivity index (χ1n) is 43.5. The number of methoxy groups -OCH3 is 1. The molecule has 0 heterocycles. The van der Waals surface area contributed by atoms with Gasteiger partial charge in [0.15, 0.2) is 64.1 Å². The molecule has 12 aliphatic rings. The molecule has 0 radical (unpaired) electrons. The summed E-state index contributed by atoms with van der Waals surface area (Å²) in [6.45, 7) is 3.85. The van der Waals surface area contributed by atoms with E-state index in [1.807, 2.05) is 13.8 Å². The summed E-state index contributed by atoms with van der Waals surface area (Å²) in [4.78, 5) is 82.3. The van der Waals surface area contributed by atoms with E-state index in [2.05, 4.69) is 282 Å². The Bertz CT molecular complexity index is 4320. The molecule has 125 heavy (non-hydrogen) atoms. The molecular weight excluding hydrogens is 1660 g/mol. The molecule has 12 bridgehead atoms. The van der Waals surface area contributed by atoms with Crippen LogP contribution in [0.1, 0.15) is 137 Å². The van der Waals surface area contributed by atoms with E-state index in [9.17, 15) is 55.1 Å². The standard InChI is InChI=1S/3C18H15S.C17H24F2O4.C16H22F2O5.C16H22F2O4/c3*1-4-10-16(11-5-1)19(17-12-6-2-7-13-17)18-14-8-3-9-15-18;1-3-17(23-14(20)9-22-15(21)16(2,18)19)12-5-10-4-11(7-12)8-13(17)6-10;1-15(17,18)13(19)23-12-10-3-9-4-11(12)7-16(5-9,6-10)14(20)22-8-21-2;1-15(22-13(19)8-21-14(20)16(2,17)18)11-4-9-3-10(6-11)7-12(15)5-9/h3*1-15H;10-13H,3-9H2,1-2H3;9-12H,3-8H2,1-2H3;9-12H,3-8H2,1-2H3/q3*+1;;;. The highest BCUT2D eigenvalue weighted by Crippen LogP contribution is 2.63. The zero-order chi connectivity index (χ0) is 88.5. The number of ether oxygens (including phenoxy) is 7. The summed E-state index contributed by atoms with van der Waals surface area (Å²) in [5.74, 6) is -12.6. The van der Waals surface area contributed by atoms with Crippen LogP contribution < -0.4 is 0 Å². The van der Waals surface area contributed by atoms with Gasteiger partial charge in [-0.15, -0.1) is 0 Å². The van der Waals surface area contributed by atoms with Crippen LogP contribution in [-0.4, -0.2) is 98.0 Å². The molecule has 0 aromatic heterocycles. The van der Waals surface area contributed by atoms with Crippen molar-refractivity contribution in [3.05, 3.63) is 273 Å². The molecule has 21 rings (SSSR count). The highest BCUT2D eigenvalue weighted by Gasteiger charge is 2.63. The van der Waals surface area contributed by atoms with Crippen LogP contribution >= 0.6 is 0 Å². The second kappa shape index (κ2) is 41.9. The Kier molecular flexibility index (Phi) is 31.2.